The topological polar surface area (TPSA) is 44.1 Å². The summed E-state index contributed by atoms with van der Waals surface area (Å²) in [6, 6.07) is 0. The van der Waals surface area contributed by atoms with Gasteiger partial charge in [-0.2, -0.15) is 5.10 Å². The van der Waals surface area contributed by atoms with Gasteiger partial charge in [0.1, 0.15) is 0 Å². The van der Waals surface area contributed by atoms with Gasteiger partial charge in [0, 0.05) is 24.4 Å². The molecule has 76 valence electrons. The van der Waals surface area contributed by atoms with Crippen LogP contribution in [0.5, 0.6) is 0 Å². The number of esters is 1. The van der Waals surface area contributed by atoms with Crippen molar-refractivity contribution in [2.24, 2.45) is 0 Å². The highest BCUT2D eigenvalue weighted by Gasteiger charge is 1.95. The largest absolute Gasteiger partial charge is 0.466 e. The number of aromatic nitrogens is 2. The van der Waals surface area contributed by atoms with E-state index in [2.05, 4.69) is 16.8 Å². The van der Waals surface area contributed by atoms with Crippen molar-refractivity contribution in [3.05, 3.63) is 24.0 Å². The maximum absolute atomic E-state index is 10.8. The van der Waals surface area contributed by atoms with Gasteiger partial charge in [0.15, 0.2) is 0 Å². The van der Waals surface area contributed by atoms with Crippen LogP contribution in [0.15, 0.2) is 18.5 Å². The molecular weight excluding hydrogens is 180 g/mol. The molecule has 0 N–H and O–H groups in total. The van der Waals surface area contributed by atoms with E-state index in [0.717, 1.165) is 18.5 Å². The van der Waals surface area contributed by atoms with Crippen molar-refractivity contribution >= 4 is 12.0 Å². The molecular formula is C10H14N2O2. The highest BCUT2D eigenvalue weighted by molar-refractivity contribution is 5.86. The first kappa shape index (κ1) is 10.5. The molecule has 0 atom stereocenters. The van der Waals surface area contributed by atoms with E-state index in [-0.39, 0.29) is 5.97 Å². The van der Waals surface area contributed by atoms with Crippen LogP contribution >= 0.6 is 0 Å². The van der Waals surface area contributed by atoms with Gasteiger partial charge in [0.2, 0.25) is 0 Å². The maximum atomic E-state index is 10.8. The zero-order chi connectivity index (χ0) is 10.4. The standard InChI is InChI=1S/C10H14N2O2/c1-3-6-12-8-9(7-11-12)4-5-10(13)14-2/h4-5,7-8H,3,6H2,1-2H3. The summed E-state index contributed by atoms with van der Waals surface area (Å²) >= 11 is 0. The second-order valence-corrected chi connectivity index (χ2v) is 2.89. The fourth-order valence-electron chi connectivity index (χ4n) is 1.05. The summed E-state index contributed by atoms with van der Waals surface area (Å²) in [6.07, 6.45) is 7.72. The lowest BCUT2D eigenvalue weighted by Gasteiger charge is -1.93. The molecule has 14 heavy (non-hydrogen) atoms. The molecule has 4 nitrogen and oxygen atoms in total. The molecule has 0 amide bonds. The molecule has 0 saturated carbocycles. The Kier molecular flexibility index (Phi) is 3.91. The Hall–Kier alpha value is -1.58. The molecule has 0 saturated heterocycles. The third-order valence-electron chi connectivity index (χ3n) is 1.72. The first-order chi connectivity index (χ1) is 6.76. The second kappa shape index (κ2) is 5.21. The highest BCUT2D eigenvalue weighted by atomic mass is 16.5. The predicted molar refractivity (Wildman–Crippen MR) is 53.6 cm³/mol. The van der Waals surface area contributed by atoms with Gasteiger partial charge in [0.05, 0.1) is 13.3 Å². The number of hydrogen-bond donors (Lipinski definition) is 0. The van der Waals surface area contributed by atoms with E-state index in [9.17, 15) is 4.79 Å². The van der Waals surface area contributed by atoms with Crippen molar-refractivity contribution in [3.63, 3.8) is 0 Å². The number of carbonyl (C=O) groups excluding carboxylic acids is 1. The molecule has 1 rings (SSSR count). The van der Waals surface area contributed by atoms with E-state index in [1.165, 1.54) is 13.2 Å². The van der Waals surface area contributed by atoms with Crippen molar-refractivity contribution in [1.29, 1.82) is 0 Å². The van der Waals surface area contributed by atoms with Gasteiger partial charge in [-0.3, -0.25) is 4.68 Å². The molecule has 0 aliphatic rings. The van der Waals surface area contributed by atoms with Crippen LogP contribution in [0.1, 0.15) is 18.9 Å². The summed E-state index contributed by atoms with van der Waals surface area (Å²) in [5.74, 6) is -0.353. The fourth-order valence-corrected chi connectivity index (χ4v) is 1.05. The molecule has 0 radical (unpaired) electrons. The van der Waals surface area contributed by atoms with Gasteiger partial charge in [0.25, 0.3) is 0 Å². The van der Waals surface area contributed by atoms with Gasteiger partial charge >= 0.3 is 5.97 Å². The number of methoxy groups -OCH3 is 1. The number of carbonyl (C=O) groups is 1. The van der Waals surface area contributed by atoms with Crippen molar-refractivity contribution in [2.45, 2.75) is 19.9 Å². The zero-order valence-corrected chi connectivity index (χ0v) is 8.43. The van der Waals surface area contributed by atoms with Crippen molar-refractivity contribution < 1.29 is 9.53 Å². The Bertz CT molecular complexity index is 329. The summed E-state index contributed by atoms with van der Waals surface area (Å²) < 4.78 is 6.32. The van der Waals surface area contributed by atoms with Gasteiger partial charge in [-0.05, 0) is 12.5 Å². The fraction of sp³-hybridized carbons (Fsp3) is 0.400. The molecule has 4 heteroatoms. The van der Waals surface area contributed by atoms with Crippen molar-refractivity contribution in [1.82, 2.24) is 9.78 Å². The van der Waals surface area contributed by atoms with Crippen LogP contribution < -0.4 is 0 Å². The van der Waals surface area contributed by atoms with Crippen LogP contribution in [0.3, 0.4) is 0 Å². The second-order valence-electron chi connectivity index (χ2n) is 2.89. The van der Waals surface area contributed by atoms with E-state index in [4.69, 9.17) is 0 Å². The smallest absolute Gasteiger partial charge is 0.330 e. The Balaban J connectivity index is 2.59. The predicted octanol–water partition coefficient (Wildman–Crippen LogP) is 1.48. The Morgan fingerprint density at radius 1 is 1.71 bits per heavy atom. The Morgan fingerprint density at radius 2 is 2.50 bits per heavy atom. The summed E-state index contributed by atoms with van der Waals surface area (Å²) in [5, 5.41) is 4.12. The van der Waals surface area contributed by atoms with Gasteiger partial charge in [-0.15, -0.1) is 0 Å². The van der Waals surface area contributed by atoms with Crippen LogP contribution in [0.4, 0.5) is 0 Å². The van der Waals surface area contributed by atoms with E-state index in [1.807, 2.05) is 10.9 Å². The molecule has 0 aromatic carbocycles. The summed E-state index contributed by atoms with van der Waals surface area (Å²) in [4.78, 5) is 10.8. The van der Waals surface area contributed by atoms with E-state index in [0.29, 0.717) is 0 Å². The molecule has 0 spiro atoms. The number of ether oxygens (including phenoxy) is 1. The molecule has 1 aromatic rings. The Morgan fingerprint density at radius 3 is 3.14 bits per heavy atom. The van der Waals surface area contributed by atoms with Gasteiger partial charge in [-0.1, -0.05) is 6.92 Å². The number of rotatable bonds is 4. The average Bonchev–Trinajstić information content (AvgIpc) is 2.63. The third-order valence-corrected chi connectivity index (χ3v) is 1.72. The van der Waals surface area contributed by atoms with Crippen LogP contribution in [-0.4, -0.2) is 22.9 Å². The zero-order valence-electron chi connectivity index (χ0n) is 8.43. The molecule has 0 fully saturated rings. The lowest BCUT2D eigenvalue weighted by molar-refractivity contribution is -0.134. The minimum absolute atomic E-state index is 0.353. The monoisotopic (exact) mass is 194 g/mol. The number of nitrogens with zero attached hydrogens (tertiary/aromatic N) is 2. The quantitative estimate of drug-likeness (QED) is 0.538. The Labute approximate surface area is 83.2 Å². The normalized spacial score (nSPS) is 10.7. The van der Waals surface area contributed by atoms with Crippen LogP contribution in [-0.2, 0) is 16.1 Å². The first-order valence-electron chi connectivity index (χ1n) is 4.54. The van der Waals surface area contributed by atoms with Crippen molar-refractivity contribution in [3.8, 4) is 0 Å². The van der Waals surface area contributed by atoms with Gasteiger partial charge < -0.3 is 4.74 Å². The molecule has 1 heterocycles. The molecule has 0 aliphatic heterocycles. The summed E-state index contributed by atoms with van der Waals surface area (Å²) in [7, 11) is 1.35. The lowest BCUT2D eigenvalue weighted by atomic mass is 10.3. The van der Waals surface area contributed by atoms with E-state index < -0.39 is 0 Å². The van der Waals surface area contributed by atoms with Crippen molar-refractivity contribution in [2.75, 3.05) is 7.11 Å². The molecule has 0 bridgehead atoms. The summed E-state index contributed by atoms with van der Waals surface area (Å²) in [6.45, 7) is 2.98. The van der Waals surface area contributed by atoms with Crippen LogP contribution in [0.2, 0.25) is 0 Å². The summed E-state index contributed by atoms with van der Waals surface area (Å²) in [5.41, 5.74) is 0.906. The SMILES string of the molecule is CCCn1cc(C=CC(=O)OC)cn1. The molecule has 0 unspecified atom stereocenters. The van der Waals surface area contributed by atoms with Gasteiger partial charge in [-0.25, -0.2) is 4.79 Å². The number of hydrogen-bond acceptors (Lipinski definition) is 3. The molecule has 1 aromatic heterocycles. The van der Waals surface area contributed by atoms with Crippen LogP contribution in [0.25, 0.3) is 6.08 Å². The lowest BCUT2D eigenvalue weighted by Crippen LogP contribution is -1.95. The first-order valence-corrected chi connectivity index (χ1v) is 4.54. The van der Waals surface area contributed by atoms with Crippen LogP contribution in [0, 0.1) is 0 Å². The minimum Gasteiger partial charge on any atom is -0.466 e. The number of aryl methyl sites for hydroxylation is 1. The molecule has 0 aliphatic carbocycles. The average molecular weight is 194 g/mol. The van der Waals surface area contributed by atoms with E-state index >= 15 is 0 Å². The van der Waals surface area contributed by atoms with E-state index in [1.54, 1.807) is 12.3 Å². The highest BCUT2D eigenvalue weighted by Crippen LogP contribution is 2.01. The minimum atomic E-state index is -0.353. The maximum Gasteiger partial charge on any atom is 0.330 e. The third kappa shape index (κ3) is 3.05.